The highest BCUT2D eigenvalue weighted by Gasteiger charge is 2.24. The van der Waals surface area contributed by atoms with Gasteiger partial charge in [0.25, 0.3) is 0 Å². The minimum Gasteiger partial charge on any atom is -0.424 e. The van der Waals surface area contributed by atoms with Crippen molar-refractivity contribution in [1.82, 2.24) is 15.5 Å². The Bertz CT molecular complexity index is 593. The molecule has 2 aromatic rings. The molecule has 1 aliphatic rings. The summed E-state index contributed by atoms with van der Waals surface area (Å²) in [6.45, 7) is 5.83. The van der Waals surface area contributed by atoms with Crippen LogP contribution in [-0.4, -0.2) is 23.4 Å². The molecular weight excluding hydrogens is 290 g/mol. The van der Waals surface area contributed by atoms with Crippen molar-refractivity contribution in [3.05, 3.63) is 47.7 Å². The molecule has 1 aromatic heterocycles. The first kappa shape index (κ1) is 16.1. The van der Waals surface area contributed by atoms with Gasteiger partial charge in [0.05, 0.1) is 6.04 Å². The van der Waals surface area contributed by atoms with Crippen LogP contribution in [0.2, 0.25) is 0 Å². The summed E-state index contributed by atoms with van der Waals surface area (Å²) in [5.74, 6) is 1.95. The molecule has 0 spiro atoms. The number of nitrogens with one attached hydrogen (secondary N) is 1. The van der Waals surface area contributed by atoms with Crippen LogP contribution in [-0.2, 0) is 11.2 Å². The van der Waals surface area contributed by atoms with Crippen LogP contribution in [0.4, 0.5) is 0 Å². The van der Waals surface area contributed by atoms with Gasteiger partial charge in [-0.1, -0.05) is 37.3 Å². The third-order valence-corrected chi connectivity index (χ3v) is 4.40. The van der Waals surface area contributed by atoms with Crippen molar-refractivity contribution < 1.29 is 9.15 Å². The van der Waals surface area contributed by atoms with Crippen molar-refractivity contribution in [2.24, 2.45) is 5.92 Å². The maximum absolute atomic E-state index is 5.69. The van der Waals surface area contributed by atoms with Gasteiger partial charge in [-0.25, -0.2) is 0 Å². The van der Waals surface area contributed by atoms with E-state index in [0.717, 1.165) is 32.5 Å². The second kappa shape index (κ2) is 7.70. The van der Waals surface area contributed by atoms with E-state index in [1.165, 1.54) is 5.56 Å². The first-order valence-electron chi connectivity index (χ1n) is 8.47. The zero-order valence-electron chi connectivity index (χ0n) is 13.9. The molecule has 5 nitrogen and oxygen atoms in total. The number of rotatable bonds is 7. The van der Waals surface area contributed by atoms with Crippen molar-refractivity contribution >= 4 is 0 Å². The second-order valence-electron chi connectivity index (χ2n) is 6.20. The topological polar surface area (TPSA) is 60.2 Å². The number of nitrogens with zero attached hydrogens (tertiary/aromatic N) is 2. The number of benzene rings is 1. The summed E-state index contributed by atoms with van der Waals surface area (Å²) >= 11 is 0. The minimum absolute atomic E-state index is 0.0235. The number of aryl methyl sites for hydroxylation is 1. The highest BCUT2D eigenvalue weighted by atomic mass is 16.5. The van der Waals surface area contributed by atoms with E-state index in [9.17, 15) is 0 Å². The quantitative estimate of drug-likeness (QED) is 0.848. The van der Waals surface area contributed by atoms with Gasteiger partial charge < -0.3 is 9.15 Å². The van der Waals surface area contributed by atoms with Crippen LogP contribution in [0.1, 0.15) is 56.1 Å². The fourth-order valence-corrected chi connectivity index (χ4v) is 3.05. The normalized spacial score (nSPS) is 20.5. The Morgan fingerprint density at radius 1 is 1.26 bits per heavy atom. The molecule has 0 unspecified atom stereocenters. The Labute approximate surface area is 137 Å². The van der Waals surface area contributed by atoms with Crippen LogP contribution >= 0.6 is 0 Å². The Hall–Kier alpha value is -1.72. The molecule has 23 heavy (non-hydrogen) atoms. The maximum atomic E-state index is 5.69. The third-order valence-electron chi connectivity index (χ3n) is 4.40. The molecular formula is C18H25N3O2. The Balaban J connectivity index is 1.71. The number of aromatic nitrogens is 2. The molecule has 1 N–H and O–H groups in total. The Morgan fingerprint density at radius 3 is 2.74 bits per heavy atom. The summed E-state index contributed by atoms with van der Waals surface area (Å²) in [6, 6.07) is 10.8. The molecule has 1 aliphatic heterocycles. The standard InChI is InChI=1S/C18H25N3O2/c1-3-17-20-21-18(23-17)13(2)19-16(11-14-9-10-22-12-14)15-7-5-4-6-8-15/h4-8,13-14,16,19H,3,9-12H2,1-2H3/t13-,14-,16+/m0/s1. The van der Waals surface area contributed by atoms with E-state index < -0.39 is 0 Å². The first-order valence-corrected chi connectivity index (χ1v) is 8.47. The van der Waals surface area contributed by atoms with Crippen LogP contribution in [0.5, 0.6) is 0 Å². The minimum atomic E-state index is 0.0235. The lowest BCUT2D eigenvalue weighted by molar-refractivity contribution is 0.180. The van der Waals surface area contributed by atoms with Crippen molar-refractivity contribution in [1.29, 1.82) is 0 Å². The summed E-state index contributed by atoms with van der Waals surface area (Å²) in [5.41, 5.74) is 1.29. The van der Waals surface area contributed by atoms with Crippen LogP contribution in [0.3, 0.4) is 0 Å². The fraction of sp³-hybridized carbons (Fsp3) is 0.556. The van der Waals surface area contributed by atoms with E-state index in [2.05, 4.69) is 46.7 Å². The monoisotopic (exact) mass is 315 g/mol. The molecule has 3 rings (SSSR count). The van der Waals surface area contributed by atoms with Crippen LogP contribution in [0.15, 0.2) is 34.7 Å². The zero-order chi connectivity index (χ0) is 16.1. The van der Waals surface area contributed by atoms with E-state index in [4.69, 9.17) is 9.15 Å². The van der Waals surface area contributed by atoms with E-state index in [1.807, 2.05) is 13.0 Å². The molecule has 124 valence electrons. The summed E-state index contributed by atoms with van der Waals surface area (Å²) < 4.78 is 11.2. The molecule has 1 saturated heterocycles. The van der Waals surface area contributed by atoms with Gasteiger partial charge in [0.1, 0.15) is 0 Å². The zero-order valence-corrected chi connectivity index (χ0v) is 13.9. The lowest BCUT2D eigenvalue weighted by Crippen LogP contribution is -2.27. The van der Waals surface area contributed by atoms with E-state index in [-0.39, 0.29) is 12.1 Å². The van der Waals surface area contributed by atoms with Crippen molar-refractivity contribution in [2.45, 2.75) is 45.2 Å². The van der Waals surface area contributed by atoms with Gasteiger partial charge in [-0.15, -0.1) is 10.2 Å². The Kier molecular flexibility index (Phi) is 5.41. The summed E-state index contributed by atoms with van der Waals surface area (Å²) in [4.78, 5) is 0. The maximum Gasteiger partial charge on any atom is 0.233 e. The smallest absolute Gasteiger partial charge is 0.233 e. The number of hydrogen-bond acceptors (Lipinski definition) is 5. The second-order valence-corrected chi connectivity index (χ2v) is 6.20. The molecule has 0 aliphatic carbocycles. The van der Waals surface area contributed by atoms with Crippen LogP contribution in [0.25, 0.3) is 0 Å². The molecule has 0 bridgehead atoms. The number of hydrogen-bond donors (Lipinski definition) is 1. The van der Waals surface area contributed by atoms with Crippen LogP contribution < -0.4 is 5.32 Å². The van der Waals surface area contributed by atoms with Gasteiger partial charge in [-0.3, -0.25) is 5.32 Å². The van der Waals surface area contributed by atoms with Gasteiger partial charge >= 0.3 is 0 Å². The molecule has 1 fully saturated rings. The Morgan fingerprint density at radius 2 is 2.09 bits per heavy atom. The summed E-state index contributed by atoms with van der Waals surface area (Å²) in [5, 5.41) is 11.9. The van der Waals surface area contributed by atoms with Crippen molar-refractivity contribution in [3.8, 4) is 0 Å². The van der Waals surface area contributed by atoms with E-state index in [0.29, 0.717) is 17.7 Å². The van der Waals surface area contributed by atoms with Crippen molar-refractivity contribution in [2.75, 3.05) is 13.2 Å². The van der Waals surface area contributed by atoms with Crippen molar-refractivity contribution in [3.63, 3.8) is 0 Å². The SMILES string of the molecule is CCc1nnc([C@H](C)N[C@H](C[C@@H]2CCOC2)c2ccccc2)o1. The lowest BCUT2D eigenvalue weighted by Gasteiger charge is -2.24. The predicted molar refractivity (Wildman–Crippen MR) is 88.0 cm³/mol. The fourth-order valence-electron chi connectivity index (χ4n) is 3.05. The average molecular weight is 315 g/mol. The predicted octanol–water partition coefficient (Wildman–Crippen LogP) is 3.45. The molecule has 0 amide bonds. The van der Waals surface area contributed by atoms with Gasteiger partial charge in [0, 0.05) is 25.7 Å². The molecule has 3 atom stereocenters. The van der Waals surface area contributed by atoms with E-state index >= 15 is 0 Å². The lowest BCUT2D eigenvalue weighted by atomic mass is 9.93. The van der Waals surface area contributed by atoms with Gasteiger partial charge in [-0.2, -0.15) is 0 Å². The van der Waals surface area contributed by atoms with Gasteiger partial charge in [0.15, 0.2) is 0 Å². The average Bonchev–Trinajstić information content (AvgIpc) is 3.26. The molecule has 5 heteroatoms. The molecule has 2 heterocycles. The summed E-state index contributed by atoms with van der Waals surface area (Å²) in [7, 11) is 0. The highest BCUT2D eigenvalue weighted by Crippen LogP contribution is 2.28. The molecule has 1 aromatic carbocycles. The summed E-state index contributed by atoms with van der Waals surface area (Å²) in [6.07, 6.45) is 2.96. The molecule has 0 saturated carbocycles. The largest absolute Gasteiger partial charge is 0.424 e. The van der Waals surface area contributed by atoms with Gasteiger partial charge in [0.2, 0.25) is 11.8 Å². The highest BCUT2D eigenvalue weighted by molar-refractivity contribution is 5.19. The number of ether oxygens (including phenoxy) is 1. The first-order chi connectivity index (χ1) is 11.3. The third kappa shape index (κ3) is 4.18. The van der Waals surface area contributed by atoms with E-state index in [1.54, 1.807) is 0 Å². The van der Waals surface area contributed by atoms with Crippen LogP contribution in [0, 0.1) is 5.92 Å². The molecule has 0 radical (unpaired) electrons. The van der Waals surface area contributed by atoms with Gasteiger partial charge in [-0.05, 0) is 31.2 Å².